The van der Waals surface area contributed by atoms with Crippen molar-refractivity contribution in [2.75, 3.05) is 5.32 Å². The number of amides is 3. The van der Waals surface area contributed by atoms with Crippen molar-refractivity contribution >= 4 is 17.9 Å². The van der Waals surface area contributed by atoms with Gasteiger partial charge in [-0.15, -0.1) is 5.10 Å². The number of H-pyrrole nitrogens is 1. The van der Waals surface area contributed by atoms with Gasteiger partial charge in [-0.05, 0) is 19.3 Å². The van der Waals surface area contributed by atoms with Crippen LogP contribution in [0.15, 0.2) is 0 Å². The fourth-order valence-corrected chi connectivity index (χ4v) is 1.47. The molecule has 0 fully saturated rings. The number of primary amides is 1. The molecule has 0 saturated heterocycles. The number of carbonyl (C=O) groups is 2. The summed E-state index contributed by atoms with van der Waals surface area (Å²) in [5.74, 6) is 0.620. The predicted octanol–water partition coefficient (Wildman–Crippen LogP) is 0.135. The van der Waals surface area contributed by atoms with Crippen molar-refractivity contribution in [3.8, 4) is 0 Å². The van der Waals surface area contributed by atoms with E-state index in [1.165, 1.54) is 0 Å². The van der Waals surface area contributed by atoms with Crippen LogP contribution in [0.3, 0.4) is 0 Å². The quantitative estimate of drug-likeness (QED) is 0.596. The summed E-state index contributed by atoms with van der Waals surface area (Å²) in [6, 6.07) is -1.43. The van der Waals surface area contributed by atoms with E-state index in [9.17, 15) is 9.59 Å². The first-order valence-electron chi connectivity index (χ1n) is 5.64. The number of hydrogen-bond donors (Lipinski definition) is 4. The highest BCUT2D eigenvalue weighted by atomic mass is 16.2. The molecular weight excluding hydrogens is 236 g/mol. The lowest BCUT2D eigenvalue weighted by molar-refractivity contribution is -0.118. The Bertz CT molecular complexity index is 428. The first-order valence-corrected chi connectivity index (χ1v) is 5.64. The Morgan fingerprint density at radius 1 is 1.44 bits per heavy atom. The monoisotopic (exact) mass is 254 g/mol. The summed E-state index contributed by atoms with van der Waals surface area (Å²) < 4.78 is 0. The molecule has 0 aromatic carbocycles. The third-order valence-corrected chi connectivity index (χ3v) is 2.17. The van der Waals surface area contributed by atoms with Crippen LogP contribution in [0, 0.1) is 12.8 Å². The average Bonchev–Trinajstić information content (AvgIpc) is 2.61. The van der Waals surface area contributed by atoms with Gasteiger partial charge >= 0.3 is 6.03 Å². The number of aryl methyl sites for hydroxylation is 1. The molecule has 3 amide bonds. The summed E-state index contributed by atoms with van der Waals surface area (Å²) in [5.41, 5.74) is 5.04. The number of carbonyl (C=O) groups excluding carboxylic acids is 2. The second kappa shape index (κ2) is 5.99. The van der Waals surface area contributed by atoms with Crippen LogP contribution in [0.4, 0.5) is 10.7 Å². The summed E-state index contributed by atoms with van der Waals surface area (Å²) in [6.07, 6.45) is 0.484. The zero-order valence-corrected chi connectivity index (χ0v) is 10.7. The van der Waals surface area contributed by atoms with Gasteiger partial charge in [0.15, 0.2) is 0 Å². The number of urea groups is 1. The van der Waals surface area contributed by atoms with Gasteiger partial charge in [0, 0.05) is 0 Å². The SMILES string of the molecule is Cc1nc(NC(=O)C(CC(C)C)NC(N)=O)n[nH]1. The first kappa shape index (κ1) is 13.9. The van der Waals surface area contributed by atoms with Gasteiger partial charge in [-0.25, -0.2) is 4.79 Å². The van der Waals surface area contributed by atoms with Crippen LogP contribution in [0.2, 0.25) is 0 Å². The molecular formula is C10H18N6O2. The molecule has 1 atom stereocenters. The molecule has 0 spiro atoms. The standard InChI is InChI=1S/C10H18N6O2/c1-5(2)4-7(13-9(11)18)8(17)14-10-12-6(3)15-16-10/h5,7H,4H2,1-3H3,(H3,11,13,18)(H2,12,14,15,16,17). The number of anilines is 1. The molecule has 1 heterocycles. The van der Waals surface area contributed by atoms with Gasteiger partial charge in [-0.2, -0.15) is 4.98 Å². The van der Waals surface area contributed by atoms with Gasteiger partial charge in [0.25, 0.3) is 0 Å². The van der Waals surface area contributed by atoms with Gasteiger partial charge in [-0.3, -0.25) is 15.2 Å². The van der Waals surface area contributed by atoms with Gasteiger partial charge in [0.1, 0.15) is 11.9 Å². The molecule has 0 aliphatic carbocycles. The summed E-state index contributed by atoms with van der Waals surface area (Å²) in [6.45, 7) is 5.61. The minimum Gasteiger partial charge on any atom is -0.352 e. The number of nitrogens with zero attached hydrogens (tertiary/aromatic N) is 2. The number of aromatic nitrogens is 3. The Hall–Kier alpha value is -2.12. The van der Waals surface area contributed by atoms with Crippen LogP contribution >= 0.6 is 0 Å². The molecule has 1 aromatic heterocycles. The number of nitrogens with two attached hydrogens (primary N) is 1. The van der Waals surface area contributed by atoms with E-state index < -0.39 is 12.1 Å². The second-order valence-electron chi connectivity index (χ2n) is 4.42. The van der Waals surface area contributed by atoms with E-state index in [1.807, 2.05) is 13.8 Å². The fraction of sp³-hybridized carbons (Fsp3) is 0.600. The van der Waals surface area contributed by atoms with Crippen LogP contribution in [0.1, 0.15) is 26.1 Å². The minimum absolute atomic E-state index is 0.178. The molecule has 0 aliphatic heterocycles. The number of hydrogen-bond acceptors (Lipinski definition) is 4. The molecule has 0 bridgehead atoms. The largest absolute Gasteiger partial charge is 0.352 e. The maximum Gasteiger partial charge on any atom is 0.312 e. The lowest BCUT2D eigenvalue weighted by Gasteiger charge is -2.17. The normalized spacial score (nSPS) is 12.2. The van der Waals surface area contributed by atoms with Gasteiger partial charge in [0.05, 0.1) is 0 Å². The predicted molar refractivity (Wildman–Crippen MR) is 65.7 cm³/mol. The van der Waals surface area contributed by atoms with Crippen molar-refractivity contribution in [1.82, 2.24) is 20.5 Å². The minimum atomic E-state index is -0.734. The fourth-order valence-electron chi connectivity index (χ4n) is 1.47. The third kappa shape index (κ3) is 4.40. The molecule has 18 heavy (non-hydrogen) atoms. The van der Waals surface area contributed by atoms with E-state index in [1.54, 1.807) is 6.92 Å². The summed E-state index contributed by atoms with van der Waals surface area (Å²) in [4.78, 5) is 26.7. The molecule has 8 nitrogen and oxygen atoms in total. The van der Waals surface area contributed by atoms with Crippen LogP contribution < -0.4 is 16.4 Å². The van der Waals surface area contributed by atoms with E-state index >= 15 is 0 Å². The molecule has 1 aromatic rings. The molecule has 0 radical (unpaired) electrons. The Kier molecular flexibility index (Phi) is 4.64. The van der Waals surface area contributed by atoms with Crippen LogP contribution in [0.25, 0.3) is 0 Å². The molecule has 1 unspecified atom stereocenters. The van der Waals surface area contributed by atoms with Crippen molar-refractivity contribution in [2.45, 2.75) is 33.2 Å². The topological polar surface area (TPSA) is 126 Å². The van der Waals surface area contributed by atoms with Crippen molar-refractivity contribution in [3.63, 3.8) is 0 Å². The van der Waals surface area contributed by atoms with E-state index in [2.05, 4.69) is 25.8 Å². The molecule has 0 saturated carbocycles. The maximum absolute atomic E-state index is 11.9. The Labute approximate surface area is 105 Å². The number of aromatic amines is 1. The highest BCUT2D eigenvalue weighted by Gasteiger charge is 2.22. The Balaban J connectivity index is 2.66. The first-order chi connectivity index (χ1) is 8.38. The summed E-state index contributed by atoms with van der Waals surface area (Å²) in [7, 11) is 0. The third-order valence-electron chi connectivity index (χ3n) is 2.17. The van der Waals surface area contributed by atoms with Crippen LogP contribution in [0.5, 0.6) is 0 Å². The highest BCUT2D eigenvalue weighted by Crippen LogP contribution is 2.07. The Morgan fingerprint density at radius 2 is 2.11 bits per heavy atom. The lowest BCUT2D eigenvalue weighted by Crippen LogP contribution is -2.46. The molecule has 100 valence electrons. The smallest absolute Gasteiger partial charge is 0.312 e. The van der Waals surface area contributed by atoms with E-state index in [4.69, 9.17) is 5.73 Å². The summed E-state index contributed by atoms with van der Waals surface area (Å²) in [5, 5.41) is 11.3. The molecule has 1 rings (SSSR count). The van der Waals surface area contributed by atoms with Crippen molar-refractivity contribution in [1.29, 1.82) is 0 Å². The van der Waals surface area contributed by atoms with Crippen molar-refractivity contribution in [3.05, 3.63) is 5.82 Å². The lowest BCUT2D eigenvalue weighted by atomic mass is 10.0. The zero-order chi connectivity index (χ0) is 13.7. The van der Waals surface area contributed by atoms with E-state index in [0.29, 0.717) is 12.2 Å². The highest BCUT2D eigenvalue weighted by molar-refractivity contribution is 5.95. The average molecular weight is 254 g/mol. The summed E-state index contributed by atoms with van der Waals surface area (Å²) >= 11 is 0. The van der Waals surface area contributed by atoms with Crippen LogP contribution in [-0.4, -0.2) is 33.2 Å². The maximum atomic E-state index is 11.9. The van der Waals surface area contributed by atoms with Gasteiger partial charge < -0.3 is 11.1 Å². The zero-order valence-electron chi connectivity index (χ0n) is 10.7. The number of rotatable bonds is 5. The number of nitrogens with one attached hydrogen (secondary N) is 3. The Morgan fingerprint density at radius 3 is 2.56 bits per heavy atom. The van der Waals surface area contributed by atoms with Crippen molar-refractivity contribution in [2.24, 2.45) is 11.7 Å². The van der Waals surface area contributed by atoms with Gasteiger partial charge in [0.2, 0.25) is 11.9 Å². The molecule has 0 aliphatic rings. The van der Waals surface area contributed by atoms with Crippen LogP contribution in [-0.2, 0) is 4.79 Å². The van der Waals surface area contributed by atoms with Gasteiger partial charge in [-0.1, -0.05) is 13.8 Å². The van der Waals surface area contributed by atoms with E-state index in [-0.39, 0.29) is 17.8 Å². The molecule has 5 N–H and O–H groups in total. The van der Waals surface area contributed by atoms with Crippen molar-refractivity contribution < 1.29 is 9.59 Å². The second-order valence-corrected chi connectivity index (χ2v) is 4.42. The van der Waals surface area contributed by atoms with E-state index in [0.717, 1.165) is 0 Å². The molecule has 8 heteroatoms.